The van der Waals surface area contributed by atoms with Gasteiger partial charge in [0.05, 0.1) is 49.2 Å². The van der Waals surface area contributed by atoms with Crippen molar-refractivity contribution in [3.63, 3.8) is 0 Å². The number of halogens is 4. The molecule has 8 nitrogen and oxygen atoms in total. The lowest BCUT2D eigenvalue weighted by molar-refractivity contribution is 0.111. The number of nitrogens with zero attached hydrogens (tertiary/aromatic N) is 6. The number of anilines is 1. The monoisotopic (exact) mass is 595 g/mol. The van der Waals surface area contributed by atoms with Gasteiger partial charge in [0.25, 0.3) is 0 Å². The van der Waals surface area contributed by atoms with Crippen molar-refractivity contribution in [3.8, 4) is 0 Å². The van der Waals surface area contributed by atoms with Gasteiger partial charge < -0.3 is 5.73 Å². The van der Waals surface area contributed by atoms with Gasteiger partial charge in [-0.2, -0.15) is 0 Å². The van der Waals surface area contributed by atoms with Crippen molar-refractivity contribution >= 4 is 69.6 Å². The van der Waals surface area contributed by atoms with Gasteiger partial charge in [-0.05, 0) is 41.5 Å². The van der Waals surface area contributed by atoms with E-state index in [4.69, 9.17) is 40.5 Å². The normalized spacial score (nSPS) is 9.87. The van der Waals surface area contributed by atoms with Crippen molar-refractivity contribution in [1.82, 2.24) is 29.9 Å². The number of carbonyl (C=O) groups is 1. The Bertz CT molecular complexity index is 972. The van der Waals surface area contributed by atoms with Crippen molar-refractivity contribution in [2.75, 3.05) is 5.73 Å². The highest BCUT2D eigenvalue weighted by Gasteiger charge is 2.04. The molecule has 166 valence electrons. The minimum Gasteiger partial charge on any atom is -0.368 e. The quantitative estimate of drug-likeness (QED) is 0.230. The summed E-state index contributed by atoms with van der Waals surface area (Å²) in [4.78, 5) is 33.8. The van der Waals surface area contributed by atoms with E-state index < -0.39 is 0 Å². The maximum atomic E-state index is 10.3. The fraction of sp³-hybridized carbons (Fsp3) is 0.316. The second kappa shape index (κ2) is 12.4. The average molecular weight is 597 g/mol. The second-order valence-corrected chi connectivity index (χ2v) is 8.33. The van der Waals surface area contributed by atoms with Gasteiger partial charge in [0, 0.05) is 22.6 Å². The van der Waals surface area contributed by atoms with E-state index in [1.807, 2.05) is 13.8 Å². The van der Waals surface area contributed by atoms with Crippen LogP contribution in [-0.2, 0) is 0 Å². The first-order valence-electron chi connectivity index (χ1n) is 8.75. The minimum atomic E-state index is 0.185. The van der Waals surface area contributed by atoms with Crippen LogP contribution in [0.25, 0.3) is 0 Å². The van der Waals surface area contributed by atoms with Crippen LogP contribution < -0.4 is 5.73 Å². The summed E-state index contributed by atoms with van der Waals surface area (Å²) >= 11 is 19.4. The summed E-state index contributed by atoms with van der Waals surface area (Å²) in [5, 5.41) is 1.78. The third-order valence-electron chi connectivity index (χ3n) is 3.66. The van der Waals surface area contributed by atoms with Crippen LogP contribution in [0.15, 0.2) is 0 Å². The predicted octanol–water partition coefficient (Wildman–Crippen LogP) is 5.24. The molecule has 0 fully saturated rings. The number of carbonyl (C=O) groups excluding carboxylic acids is 1. The van der Waals surface area contributed by atoms with Crippen LogP contribution in [0, 0.1) is 45.4 Å². The van der Waals surface area contributed by atoms with Crippen molar-refractivity contribution in [1.29, 1.82) is 0 Å². The molecule has 0 aliphatic carbocycles. The van der Waals surface area contributed by atoms with Crippen LogP contribution in [0.2, 0.25) is 15.1 Å². The standard InChI is InChI=1S/C7H7ClN2O.C6H6ClIN2.C6H8ClN3/c1-4-7(8)5(2)10-6(3-11)9-4;2*1-3-5(7)4(2)10-6(8)9-3/h3H,1-2H3;1-2H3;1-2H3,(H2,8,9,10). The third-order valence-corrected chi connectivity index (χ3v) is 5.78. The van der Waals surface area contributed by atoms with Gasteiger partial charge in [0.2, 0.25) is 5.95 Å². The topological polar surface area (TPSA) is 120 Å². The molecule has 0 bridgehead atoms. The number of aryl methyl sites for hydroxylation is 6. The molecule has 0 amide bonds. The summed E-state index contributed by atoms with van der Waals surface area (Å²) in [6.45, 7) is 10.8. The first-order valence-corrected chi connectivity index (χ1v) is 11.0. The molecular formula is C19H21Cl3IN7O. The van der Waals surface area contributed by atoms with Crippen LogP contribution >= 0.6 is 57.4 Å². The zero-order valence-electron chi connectivity index (χ0n) is 17.8. The van der Waals surface area contributed by atoms with E-state index in [0.717, 1.165) is 26.6 Å². The van der Waals surface area contributed by atoms with Crippen LogP contribution in [0.4, 0.5) is 5.95 Å². The van der Waals surface area contributed by atoms with Crippen LogP contribution in [0.5, 0.6) is 0 Å². The van der Waals surface area contributed by atoms with E-state index >= 15 is 0 Å². The van der Waals surface area contributed by atoms with Crippen molar-refractivity contribution in [3.05, 3.63) is 58.9 Å². The smallest absolute Gasteiger partial charge is 0.220 e. The van der Waals surface area contributed by atoms with Gasteiger partial charge in [-0.15, -0.1) is 0 Å². The average Bonchev–Trinajstić information content (AvgIpc) is 2.68. The summed E-state index contributed by atoms with van der Waals surface area (Å²) in [7, 11) is 0. The lowest BCUT2D eigenvalue weighted by atomic mass is 10.3. The molecule has 0 aliphatic heterocycles. The summed E-state index contributed by atoms with van der Waals surface area (Å²) in [5.74, 6) is 0.462. The summed E-state index contributed by atoms with van der Waals surface area (Å²) in [6.07, 6.45) is 0.607. The highest BCUT2D eigenvalue weighted by atomic mass is 127. The second-order valence-electron chi connectivity index (χ2n) is 6.23. The number of nitrogens with two attached hydrogens (primary N) is 1. The molecule has 12 heteroatoms. The van der Waals surface area contributed by atoms with Crippen LogP contribution in [-0.4, -0.2) is 36.2 Å². The number of rotatable bonds is 1. The van der Waals surface area contributed by atoms with Gasteiger partial charge >= 0.3 is 0 Å². The maximum Gasteiger partial charge on any atom is 0.220 e. The first-order chi connectivity index (χ1) is 14.4. The lowest BCUT2D eigenvalue weighted by Crippen LogP contribution is -1.99. The fourth-order valence-corrected chi connectivity index (χ4v) is 3.15. The van der Waals surface area contributed by atoms with Crippen molar-refractivity contribution < 1.29 is 4.79 Å². The largest absolute Gasteiger partial charge is 0.368 e. The number of aldehydes is 1. The Morgan fingerprint density at radius 3 is 1.26 bits per heavy atom. The zero-order valence-corrected chi connectivity index (χ0v) is 22.2. The first kappa shape index (κ1) is 27.3. The van der Waals surface area contributed by atoms with Crippen LogP contribution in [0.3, 0.4) is 0 Å². The molecule has 0 unspecified atom stereocenters. The lowest BCUT2D eigenvalue weighted by Gasteiger charge is -2.00. The van der Waals surface area contributed by atoms with Gasteiger partial charge in [-0.1, -0.05) is 34.8 Å². The molecule has 3 heterocycles. The zero-order chi connectivity index (χ0) is 23.9. The van der Waals surface area contributed by atoms with Crippen molar-refractivity contribution in [2.45, 2.75) is 41.5 Å². The predicted molar refractivity (Wildman–Crippen MR) is 132 cm³/mol. The van der Waals surface area contributed by atoms with Gasteiger partial charge in [-0.25, -0.2) is 29.9 Å². The Balaban J connectivity index is 0.000000233. The van der Waals surface area contributed by atoms with E-state index in [0.29, 0.717) is 32.7 Å². The highest BCUT2D eigenvalue weighted by molar-refractivity contribution is 14.1. The molecule has 0 aliphatic rings. The van der Waals surface area contributed by atoms with E-state index in [1.165, 1.54) is 0 Å². The molecule has 31 heavy (non-hydrogen) atoms. The van der Waals surface area contributed by atoms with E-state index in [-0.39, 0.29) is 11.8 Å². The summed E-state index contributed by atoms with van der Waals surface area (Å²) < 4.78 is 0.747. The molecule has 3 rings (SSSR count). The van der Waals surface area contributed by atoms with E-state index in [1.54, 1.807) is 27.7 Å². The Morgan fingerprint density at radius 2 is 0.935 bits per heavy atom. The Kier molecular flexibility index (Phi) is 10.9. The highest BCUT2D eigenvalue weighted by Crippen LogP contribution is 2.17. The molecule has 3 aromatic rings. The van der Waals surface area contributed by atoms with E-state index in [9.17, 15) is 4.79 Å². The molecular weight excluding hydrogens is 576 g/mol. The van der Waals surface area contributed by atoms with E-state index in [2.05, 4.69) is 52.5 Å². The number of nitrogen functional groups attached to an aromatic ring is 1. The van der Waals surface area contributed by atoms with Crippen LogP contribution in [0.1, 0.15) is 44.8 Å². The molecule has 0 spiro atoms. The summed E-state index contributed by atoms with van der Waals surface area (Å²) in [6, 6.07) is 0. The number of hydrogen-bond acceptors (Lipinski definition) is 8. The van der Waals surface area contributed by atoms with Gasteiger partial charge in [-0.3, -0.25) is 4.79 Å². The fourth-order valence-electron chi connectivity index (χ4n) is 2.17. The summed E-state index contributed by atoms with van der Waals surface area (Å²) in [5.41, 5.74) is 9.78. The minimum absolute atomic E-state index is 0.185. The molecule has 3 aromatic heterocycles. The van der Waals surface area contributed by atoms with Gasteiger partial charge in [0.15, 0.2) is 15.9 Å². The molecule has 2 N–H and O–H groups in total. The van der Waals surface area contributed by atoms with Crippen molar-refractivity contribution in [2.24, 2.45) is 0 Å². The Hall–Kier alpha value is -1.69. The molecule has 0 saturated heterocycles. The SMILES string of the molecule is Cc1nc(C=O)nc(C)c1Cl.Cc1nc(I)nc(C)c1Cl.Cc1nc(N)nc(C)c1Cl. The molecule has 0 atom stereocenters. The number of aromatic nitrogens is 6. The molecule has 0 saturated carbocycles. The van der Waals surface area contributed by atoms with Gasteiger partial charge in [0.1, 0.15) is 0 Å². The number of hydrogen-bond donors (Lipinski definition) is 1. The Labute approximate surface area is 209 Å². The molecule has 0 aromatic carbocycles. The maximum absolute atomic E-state index is 10.3. The Morgan fingerprint density at radius 1 is 0.645 bits per heavy atom. The third kappa shape index (κ3) is 8.40. The molecule has 0 radical (unpaired) electrons.